The number of rotatable bonds is 8. The summed E-state index contributed by atoms with van der Waals surface area (Å²) in [5, 5.41) is 7.58. The number of fused-ring (bicyclic) bond motifs is 4. The highest BCUT2D eigenvalue weighted by molar-refractivity contribution is 6.12. The summed E-state index contributed by atoms with van der Waals surface area (Å²) >= 11 is 0. The van der Waals surface area contributed by atoms with Crippen LogP contribution in [0.3, 0.4) is 0 Å². The van der Waals surface area contributed by atoms with Crippen molar-refractivity contribution < 1.29 is 0 Å². The monoisotopic (exact) mass is 775 g/mol. The Morgan fingerprint density at radius 3 is 1.25 bits per heavy atom. The minimum absolute atomic E-state index is 1.09. The summed E-state index contributed by atoms with van der Waals surface area (Å²) in [6.07, 6.45) is 0. The van der Waals surface area contributed by atoms with Crippen LogP contribution in [-0.4, -0.2) is 0 Å². The summed E-state index contributed by atoms with van der Waals surface area (Å²) in [7, 11) is 0. The largest absolute Gasteiger partial charge is 0.311 e. The maximum absolute atomic E-state index is 2.37. The molecule has 1 nitrogen and oxygen atoms in total. The molecule has 1 heteroatoms. The first kappa shape index (κ1) is 36.1. The van der Waals surface area contributed by atoms with Crippen LogP contribution < -0.4 is 4.90 Å². The number of anilines is 3. The average molecular weight is 776 g/mol. The molecular weight excluding hydrogens is 735 g/mol. The summed E-state index contributed by atoms with van der Waals surface area (Å²) in [6.45, 7) is 0. The molecule has 0 saturated heterocycles. The van der Waals surface area contributed by atoms with Crippen molar-refractivity contribution in [1.82, 2.24) is 0 Å². The second kappa shape index (κ2) is 15.6. The Balaban J connectivity index is 0.988. The summed E-state index contributed by atoms with van der Waals surface area (Å²) in [5.74, 6) is 0. The molecule has 286 valence electrons. The van der Waals surface area contributed by atoms with Gasteiger partial charge in [-0.25, -0.2) is 0 Å². The van der Waals surface area contributed by atoms with Gasteiger partial charge in [-0.05, 0) is 130 Å². The SMILES string of the molecule is c1ccc(-c2ccc(-c3ccc(N(c4ccc(-c5cccc6ccccc56)cc4)c4ccc(-c5cccc6c5ccc5ccccc56)cc4)cc3)cc2-c2ccccc2)cc1. The number of nitrogens with zero attached hydrogens (tertiary/aromatic N) is 1. The molecule has 0 aromatic heterocycles. The van der Waals surface area contributed by atoms with Gasteiger partial charge in [0.2, 0.25) is 0 Å². The Labute approximate surface area is 357 Å². The van der Waals surface area contributed by atoms with Gasteiger partial charge in [-0.2, -0.15) is 0 Å². The normalized spacial score (nSPS) is 11.3. The van der Waals surface area contributed by atoms with E-state index in [2.05, 4.69) is 254 Å². The van der Waals surface area contributed by atoms with Crippen LogP contribution in [0.1, 0.15) is 0 Å². The lowest BCUT2D eigenvalue weighted by atomic mass is 9.91. The molecule has 0 spiro atoms. The summed E-state index contributed by atoms with van der Waals surface area (Å²) < 4.78 is 0. The zero-order chi connectivity index (χ0) is 40.5. The highest BCUT2D eigenvalue weighted by Crippen LogP contribution is 2.41. The summed E-state index contributed by atoms with van der Waals surface area (Å²) in [4.78, 5) is 2.37. The molecule has 0 bridgehead atoms. The van der Waals surface area contributed by atoms with Crippen LogP contribution in [-0.2, 0) is 0 Å². The highest BCUT2D eigenvalue weighted by atomic mass is 15.1. The molecule has 0 radical (unpaired) electrons. The molecule has 0 heterocycles. The van der Waals surface area contributed by atoms with E-state index in [1.165, 1.54) is 88.0 Å². The highest BCUT2D eigenvalue weighted by Gasteiger charge is 2.16. The van der Waals surface area contributed by atoms with Gasteiger partial charge in [-0.1, -0.05) is 206 Å². The third-order valence-corrected chi connectivity index (χ3v) is 12.1. The first-order chi connectivity index (χ1) is 30.2. The van der Waals surface area contributed by atoms with Crippen molar-refractivity contribution in [1.29, 1.82) is 0 Å². The van der Waals surface area contributed by atoms with Crippen LogP contribution in [0, 0.1) is 0 Å². The van der Waals surface area contributed by atoms with E-state index in [0.29, 0.717) is 0 Å². The molecule has 0 unspecified atom stereocenters. The van der Waals surface area contributed by atoms with Crippen molar-refractivity contribution in [2.75, 3.05) is 4.90 Å². The minimum atomic E-state index is 1.09. The Kier molecular flexibility index (Phi) is 9.26. The number of benzene rings is 11. The summed E-state index contributed by atoms with van der Waals surface area (Å²) in [5.41, 5.74) is 15.4. The van der Waals surface area contributed by atoms with Crippen LogP contribution in [0.15, 0.2) is 249 Å². The Hall–Kier alpha value is -8.00. The Morgan fingerprint density at radius 1 is 0.197 bits per heavy atom. The van der Waals surface area contributed by atoms with Gasteiger partial charge in [0.15, 0.2) is 0 Å². The standard InChI is InChI=1S/C60H41N/c1-3-13-43(14-4-1)57-39-32-49(41-60(57)45-15-5-2-6-16-45)42-25-33-50(34-26-42)61(51-35-27-47(28-36-51)54-22-11-19-44-17-7-9-20-53(44)54)52-37-29-48(30-38-52)56-23-12-24-58-55-21-10-8-18-46(55)31-40-59(56)58/h1-41H. The topological polar surface area (TPSA) is 3.24 Å². The fourth-order valence-electron chi connectivity index (χ4n) is 9.05. The van der Waals surface area contributed by atoms with Crippen molar-refractivity contribution in [2.45, 2.75) is 0 Å². The van der Waals surface area contributed by atoms with Crippen LogP contribution in [0.2, 0.25) is 0 Å². The van der Waals surface area contributed by atoms with Crippen LogP contribution >= 0.6 is 0 Å². The molecule has 0 aliphatic carbocycles. The molecule has 0 saturated carbocycles. The van der Waals surface area contributed by atoms with Crippen molar-refractivity contribution in [3.63, 3.8) is 0 Å². The fraction of sp³-hybridized carbons (Fsp3) is 0. The van der Waals surface area contributed by atoms with Gasteiger partial charge in [0.1, 0.15) is 0 Å². The first-order valence-electron chi connectivity index (χ1n) is 21.0. The maximum atomic E-state index is 2.37. The van der Waals surface area contributed by atoms with Crippen molar-refractivity contribution in [3.8, 4) is 55.6 Å². The number of hydrogen-bond acceptors (Lipinski definition) is 1. The number of hydrogen-bond donors (Lipinski definition) is 0. The van der Waals surface area contributed by atoms with Gasteiger partial charge in [0, 0.05) is 17.1 Å². The zero-order valence-corrected chi connectivity index (χ0v) is 33.6. The smallest absolute Gasteiger partial charge is 0.0462 e. The Morgan fingerprint density at radius 2 is 0.623 bits per heavy atom. The predicted octanol–water partition coefficient (Wildman–Crippen LogP) is 17.0. The lowest BCUT2D eigenvalue weighted by Gasteiger charge is -2.26. The molecule has 0 aliphatic rings. The van der Waals surface area contributed by atoms with Gasteiger partial charge in [0.25, 0.3) is 0 Å². The van der Waals surface area contributed by atoms with Crippen molar-refractivity contribution >= 4 is 49.4 Å². The molecule has 0 amide bonds. The van der Waals surface area contributed by atoms with E-state index in [1.807, 2.05) is 0 Å². The molecule has 11 rings (SSSR count). The maximum Gasteiger partial charge on any atom is 0.0462 e. The van der Waals surface area contributed by atoms with Crippen molar-refractivity contribution in [3.05, 3.63) is 249 Å². The van der Waals surface area contributed by atoms with E-state index in [-0.39, 0.29) is 0 Å². The van der Waals surface area contributed by atoms with E-state index < -0.39 is 0 Å². The molecule has 61 heavy (non-hydrogen) atoms. The molecule has 0 atom stereocenters. The van der Waals surface area contributed by atoms with Gasteiger partial charge in [-0.3, -0.25) is 0 Å². The molecular formula is C60H41N. The van der Waals surface area contributed by atoms with Crippen LogP contribution in [0.4, 0.5) is 17.1 Å². The van der Waals surface area contributed by atoms with E-state index in [4.69, 9.17) is 0 Å². The van der Waals surface area contributed by atoms with E-state index in [0.717, 1.165) is 17.1 Å². The van der Waals surface area contributed by atoms with E-state index in [9.17, 15) is 0 Å². The lowest BCUT2D eigenvalue weighted by Crippen LogP contribution is -2.09. The van der Waals surface area contributed by atoms with E-state index in [1.54, 1.807) is 0 Å². The van der Waals surface area contributed by atoms with Crippen LogP contribution in [0.25, 0.3) is 88.0 Å². The van der Waals surface area contributed by atoms with Gasteiger partial charge >= 0.3 is 0 Å². The lowest BCUT2D eigenvalue weighted by molar-refractivity contribution is 1.28. The van der Waals surface area contributed by atoms with Crippen molar-refractivity contribution in [2.24, 2.45) is 0 Å². The third kappa shape index (κ3) is 6.83. The second-order valence-corrected chi connectivity index (χ2v) is 15.7. The second-order valence-electron chi connectivity index (χ2n) is 15.7. The quantitative estimate of drug-likeness (QED) is 0.139. The first-order valence-corrected chi connectivity index (χ1v) is 21.0. The van der Waals surface area contributed by atoms with Gasteiger partial charge in [0.05, 0.1) is 0 Å². The Bertz CT molecular complexity index is 3310. The minimum Gasteiger partial charge on any atom is -0.311 e. The average Bonchev–Trinajstić information content (AvgIpc) is 3.35. The van der Waals surface area contributed by atoms with Gasteiger partial charge < -0.3 is 4.90 Å². The molecule has 0 N–H and O–H groups in total. The zero-order valence-electron chi connectivity index (χ0n) is 33.6. The third-order valence-electron chi connectivity index (χ3n) is 12.1. The molecule has 0 fully saturated rings. The fourth-order valence-corrected chi connectivity index (χ4v) is 9.05. The van der Waals surface area contributed by atoms with Crippen LogP contribution in [0.5, 0.6) is 0 Å². The van der Waals surface area contributed by atoms with Gasteiger partial charge in [-0.15, -0.1) is 0 Å². The summed E-state index contributed by atoms with van der Waals surface area (Å²) in [6, 6.07) is 90.3. The predicted molar refractivity (Wildman–Crippen MR) is 261 cm³/mol. The molecule has 11 aromatic carbocycles. The molecule has 11 aromatic rings. The van der Waals surface area contributed by atoms with E-state index >= 15 is 0 Å². The molecule has 0 aliphatic heterocycles.